The van der Waals surface area contributed by atoms with Crippen molar-refractivity contribution in [3.8, 4) is 11.4 Å². The molecule has 0 bridgehead atoms. The normalized spacial score (nSPS) is 10.9. The highest BCUT2D eigenvalue weighted by molar-refractivity contribution is 6.58. The van der Waals surface area contributed by atoms with E-state index in [4.69, 9.17) is 5.73 Å². The predicted octanol–water partition coefficient (Wildman–Crippen LogP) is -0.357. The molecule has 162 valence electrons. The largest absolute Gasteiger partial charge is 0.488 e. The smallest absolute Gasteiger partial charge is 0.423 e. The van der Waals surface area contributed by atoms with E-state index in [1.165, 1.54) is 4.52 Å². The number of pyridine rings is 1. The topological polar surface area (TPSA) is 155 Å². The summed E-state index contributed by atoms with van der Waals surface area (Å²) >= 11 is 0. The van der Waals surface area contributed by atoms with Crippen LogP contribution in [0.4, 0.5) is 11.9 Å². The number of hydrogen-bond donors (Lipinski definition) is 4. The van der Waals surface area contributed by atoms with E-state index in [0.29, 0.717) is 40.8 Å². The van der Waals surface area contributed by atoms with Gasteiger partial charge in [-0.15, -0.1) is 0 Å². The van der Waals surface area contributed by atoms with Crippen LogP contribution in [0.15, 0.2) is 48.7 Å². The number of primary amides is 1. The van der Waals surface area contributed by atoms with Crippen molar-refractivity contribution in [1.29, 1.82) is 0 Å². The van der Waals surface area contributed by atoms with Crippen molar-refractivity contribution in [3.63, 3.8) is 0 Å². The molecule has 3 heterocycles. The fraction of sp³-hybridized carbons (Fsp3) is 0.150. The molecule has 1 amide bonds. The third-order valence-electron chi connectivity index (χ3n) is 4.76. The van der Waals surface area contributed by atoms with Crippen LogP contribution in [-0.2, 0) is 6.54 Å². The Morgan fingerprint density at radius 3 is 2.66 bits per heavy atom. The van der Waals surface area contributed by atoms with E-state index in [1.807, 2.05) is 20.2 Å². The number of nitrogens with one attached hydrogen (secondary N) is 1. The molecule has 0 radical (unpaired) electrons. The fourth-order valence-electron chi connectivity index (χ4n) is 3.18. The molecule has 0 unspecified atom stereocenters. The van der Waals surface area contributed by atoms with Crippen LogP contribution in [0.25, 0.3) is 16.9 Å². The van der Waals surface area contributed by atoms with Crippen molar-refractivity contribution in [2.24, 2.45) is 5.73 Å². The van der Waals surface area contributed by atoms with Gasteiger partial charge >= 0.3 is 7.12 Å². The van der Waals surface area contributed by atoms with Crippen LogP contribution < -0.4 is 21.4 Å². The van der Waals surface area contributed by atoms with Gasteiger partial charge in [-0.2, -0.15) is 20.1 Å². The zero-order chi connectivity index (χ0) is 22.8. The summed E-state index contributed by atoms with van der Waals surface area (Å²) in [6, 6.07) is 12.0. The highest BCUT2D eigenvalue weighted by atomic mass is 16.4. The van der Waals surface area contributed by atoms with Gasteiger partial charge in [-0.25, -0.2) is 4.52 Å². The van der Waals surface area contributed by atoms with Crippen LogP contribution in [-0.4, -0.2) is 61.7 Å². The average molecular weight is 432 g/mol. The minimum atomic E-state index is -1.54. The lowest BCUT2D eigenvalue weighted by molar-refractivity contribution is 0.0993. The quantitative estimate of drug-likeness (QED) is 0.287. The van der Waals surface area contributed by atoms with Crippen molar-refractivity contribution >= 4 is 35.9 Å². The summed E-state index contributed by atoms with van der Waals surface area (Å²) < 4.78 is 1.45. The van der Waals surface area contributed by atoms with Crippen molar-refractivity contribution in [2.75, 3.05) is 24.3 Å². The van der Waals surface area contributed by atoms with Crippen molar-refractivity contribution in [3.05, 3.63) is 59.9 Å². The number of anilines is 2. The minimum absolute atomic E-state index is 0.250. The number of nitrogens with zero attached hydrogens (tertiary/aromatic N) is 6. The fourth-order valence-corrected chi connectivity index (χ4v) is 3.18. The molecule has 32 heavy (non-hydrogen) atoms. The second-order valence-corrected chi connectivity index (χ2v) is 7.28. The Bertz CT molecular complexity index is 1290. The zero-order valence-corrected chi connectivity index (χ0v) is 17.5. The third-order valence-corrected chi connectivity index (χ3v) is 4.76. The van der Waals surface area contributed by atoms with Gasteiger partial charge in [0.25, 0.3) is 5.91 Å². The van der Waals surface area contributed by atoms with Crippen molar-refractivity contribution < 1.29 is 14.8 Å². The number of carbonyl (C=O) groups is 1. The first-order chi connectivity index (χ1) is 15.3. The first-order valence-electron chi connectivity index (χ1n) is 9.72. The number of rotatable bonds is 7. The molecule has 0 saturated heterocycles. The Labute approximate surface area is 183 Å². The molecule has 1 aromatic carbocycles. The predicted molar refractivity (Wildman–Crippen MR) is 120 cm³/mol. The van der Waals surface area contributed by atoms with Crippen LogP contribution in [0, 0.1) is 0 Å². The zero-order valence-electron chi connectivity index (χ0n) is 17.5. The number of nitrogens with two attached hydrogens (primary N) is 1. The summed E-state index contributed by atoms with van der Waals surface area (Å²) in [4.78, 5) is 26.9. The first-order valence-corrected chi connectivity index (χ1v) is 9.72. The Morgan fingerprint density at radius 2 is 1.94 bits per heavy atom. The molecule has 0 aliphatic rings. The first kappa shape index (κ1) is 21.2. The number of hydrogen-bond acceptors (Lipinski definition) is 9. The molecule has 5 N–H and O–H groups in total. The molecule has 4 aromatic rings. The number of benzene rings is 1. The van der Waals surface area contributed by atoms with E-state index in [1.54, 1.807) is 47.5 Å². The highest BCUT2D eigenvalue weighted by Gasteiger charge is 2.17. The van der Waals surface area contributed by atoms with Crippen LogP contribution >= 0.6 is 0 Å². The SMILES string of the molecule is CN(C)c1nc(NCc2cccc(B(O)O)c2)nc(-c2cnn3c(C(N)=O)cccc23)n1. The molecule has 0 aliphatic carbocycles. The van der Waals surface area contributed by atoms with Crippen LogP contribution in [0.1, 0.15) is 16.1 Å². The molecular weight excluding hydrogens is 411 g/mol. The van der Waals surface area contributed by atoms with E-state index in [2.05, 4.69) is 25.4 Å². The molecule has 0 atom stereocenters. The maximum Gasteiger partial charge on any atom is 0.488 e. The molecule has 0 aliphatic heterocycles. The monoisotopic (exact) mass is 432 g/mol. The summed E-state index contributed by atoms with van der Waals surface area (Å²) in [6.45, 7) is 0.359. The Morgan fingerprint density at radius 1 is 1.16 bits per heavy atom. The van der Waals surface area contributed by atoms with Crippen molar-refractivity contribution in [2.45, 2.75) is 6.54 Å². The maximum absolute atomic E-state index is 11.7. The van der Waals surface area contributed by atoms with E-state index >= 15 is 0 Å². The lowest BCUT2D eigenvalue weighted by atomic mass is 9.80. The van der Waals surface area contributed by atoms with Crippen LogP contribution in [0.5, 0.6) is 0 Å². The minimum Gasteiger partial charge on any atom is -0.423 e. The number of fused-ring (bicyclic) bond motifs is 1. The van der Waals surface area contributed by atoms with Crippen LogP contribution in [0.3, 0.4) is 0 Å². The molecule has 4 rings (SSSR count). The lowest BCUT2D eigenvalue weighted by Crippen LogP contribution is -2.30. The van der Waals surface area contributed by atoms with Gasteiger partial charge in [0, 0.05) is 20.6 Å². The Kier molecular flexibility index (Phi) is 5.71. The third kappa shape index (κ3) is 4.22. The van der Waals surface area contributed by atoms with Gasteiger partial charge in [-0.1, -0.05) is 30.3 Å². The summed E-state index contributed by atoms with van der Waals surface area (Å²) in [5.74, 6) is 0.552. The van der Waals surface area contributed by atoms with E-state index < -0.39 is 13.0 Å². The Balaban J connectivity index is 1.70. The van der Waals surface area contributed by atoms with Gasteiger partial charge < -0.3 is 26.0 Å². The molecule has 0 spiro atoms. The van der Waals surface area contributed by atoms with Gasteiger partial charge in [0.05, 0.1) is 17.3 Å². The molecule has 0 saturated carbocycles. The van der Waals surface area contributed by atoms with Gasteiger partial charge in [-0.05, 0) is 23.2 Å². The van der Waals surface area contributed by atoms with E-state index in [-0.39, 0.29) is 5.69 Å². The van der Waals surface area contributed by atoms with Gasteiger partial charge in [0.1, 0.15) is 5.69 Å². The molecule has 3 aromatic heterocycles. The van der Waals surface area contributed by atoms with Crippen LogP contribution in [0.2, 0.25) is 0 Å². The summed E-state index contributed by atoms with van der Waals surface area (Å²) in [6.07, 6.45) is 1.58. The molecule has 0 fully saturated rings. The highest BCUT2D eigenvalue weighted by Crippen LogP contribution is 2.24. The number of carbonyl (C=O) groups excluding carboxylic acids is 1. The standard InChI is InChI=1S/C20H21BN8O3/c1-28(2)20-26-18(14-11-24-29-15(14)7-4-8-16(29)17(22)30)25-19(27-20)23-10-12-5-3-6-13(9-12)21(31)32/h3-9,11,31-32H,10H2,1-2H3,(H2,22,30)(H,23,25,26,27). The molecule has 12 heteroatoms. The summed E-state index contributed by atoms with van der Waals surface area (Å²) in [7, 11) is 2.09. The Hall–Kier alpha value is -4.03. The number of amides is 1. The number of aromatic nitrogens is 5. The summed E-state index contributed by atoms with van der Waals surface area (Å²) in [5.41, 5.74) is 8.17. The van der Waals surface area contributed by atoms with Gasteiger partial charge in [0.2, 0.25) is 11.9 Å². The van der Waals surface area contributed by atoms with Gasteiger partial charge in [-0.3, -0.25) is 4.79 Å². The average Bonchev–Trinajstić information content (AvgIpc) is 3.21. The second-order valence-electron chi connectivity index (χ2n) is 7.28. The van der Waals surface area contributed by atoms with Gasteiger partial charge in [0.15, 0.2) is 5.82 Å². The molecular formula is C20H21BN8O3. The maximum atomic E-state index is 11.7. The molecule has 11 nitrogen and oxygen atoms in total. The van der Waals surface area contributed by atoms with Crippen molar-refractivity contribution in [1.82, 2.24) is 24.6 Å². The second kappa shape index (κ2) is 8.61. The van der Waals surface area contributed by atoms with E-state index in [9.17, 15) is 14.8 Å². The van der Waals surface area contributed by atoms with E-state index in [0.717, 1.165) is 5.56 Å². The summed E-state index contributed by atoms with van der Waals surface area (Å²) in [5, 5.41) is 26.2. The lowest BCUT2D eigenvalue weighted by Gasteiger charge is -2.13.